The molecular formula is C36H54N8O11S2. The first kappa shape index (κ1) is 42.4. The zero-order valence-electron chi connectivity index (χ0n) is 33.6. The zero-order chi connectivity index (χ0) is 41.6. The Labute approximate surface area is 329 Å². The molecule has 2 spiro atoms. The van der Waals surface area contributed by atoms with Gasteiger partial charge < -0.3 is 5.48 Å². The van der Waals surface area contributed by atoms with E-state index in [-0.39, 0.29) is 51.0 Å². The van der Waals surface area contributed by atoms with Gasteiger partial charge in [-0.1, -0.05) is 40.9 Å². The van der Waals surface area contributed by atoms with E-state index in [0.717, 1.165) is 52.8 Å². The maximum Gasteiger partial charge on any atom is 0.347 e. The van der Waals surface area contributed by atoms with Crippen molar-refractivity contribution in [3.8, 4) is 0 Å². The van der Waals surface area contributed by atoms with Gasteiger partial charge in [0.05, 0.1) is 35.7 Å². The normalized spacial score (nSPS) is 32.5. The maximum absolute atomic E-state index is 13.2. The molecule has 2 aromatic rings. The molecule has 19 nitrogen and oxygen atoms in total. The van der Waals surface area contributed by atoms with Crippen molar-refractivity contribution in [3.05, 3.63) is 66.2 Å². The van der Waals surface area contributed by atoms with Crippen LogP contribution in [-0.2, 0) is 43.7 Å². The number of rotatable bonds is 6. The summed E-state index contributed by atoms with van der Waals surface area (Å²) in [7, 11) is -4.91. The van der Waals surface area contributed by atoms with Crippen LogP contribution in [0, 0.1) is 33.5 Å². The summed E-state index contributed by atoms with van der Waals surface area (Å²) in [4.78, 5) is 74.2. The Hall–Kier alpha value is -4.24. The maximum atomic E-state index is 13.2. The topological polar surface area (TPSA) is 260 Å². The van der Waals surface area contributed by atoms with E-state index >= 15 is 0 Å². The standard InChI is InChI=1S/2C18H26N4O5S.H2O/c2*1-10(11(2)21-16(25)20(5)15(24)19-21)14(23)22-13-8-12-6-7-18(13,17(12,3)4)9-28(22,26)27;/h2*11-13H,1,6-9H2,2-5H3,(H,19,24);1H2/t2*11-,12-,13-,18-;/m11./s1. The highest BCUT2D eigenvalue weighted by Gasteiger charge is 2.73. The minimum Gasteiger partial charge on any atom is -0.412 e. The van der Waals surface area contributed by atoms with Gasteiger partial charge in [0.1, 0.15) is 0 Å². The average molecular weight is 839 g/mol. The molecule has 4 aliphatic carbocycles. The zero-order valence-corrected chi connectivity index (χ0v) is 35.3. The first-order chi connectivity index (χ1) is 25.7. The second-order valence-electron chi connectivity index (χ2n) is 18.1. The summed E-state index contributed by atoms with van der Waals surface area (Å²) in [6.07, 6.45) is 4.90. The third kappa shape index (κ3) is 5.42. The summed E-state index contributed by atoms with van der Waals surface area (Å²) in [6, 6.07) is -2.47. The van der Waals surface area contributed by atoms with Gasteiger partial charge in [0.2, 0.25) is 20.0 Å². The molecule has 2 amide bonds. The van der Waals surface area contributed by atoms with Gasteiger partial charge in [-0.2, -0.15) is 0 Å². The van der Waals surface area contributed by atoms with Gasteiger partial charge in [-0.05, 0) is 75.0 Å². The molecule has 2 aromatic heterocycles. The number of hydrogen-bond donors (Lipinski definition) is 2. The van der Waals surface area contributed by atoms with Crippen LogP contribution in [0.1, 0.15) is 92.2 Å². The number of nitrogens with one attached hydrogen (secondary N) is 2. The number of aromatic amines is 2. The van der Waals surface area contributed by atoms with E-state index in [0.29, 0.717) is 24.7 Å². The van der Waals surface area contributed by atoms with E-state index in [4.69, 9.17) is 0 Å². The number of fused-ring (bicyclic) bond motifs is 2. The van der Waals surface area contributed by atoms with Gasteiger partial charge in [-0.15, -0.1) is 0 Å². The lowest BCUT2D eigenvalue weighted by molar-refractivity contribution is -0.126. The summed E-state index contributed by atoms with van der Waals surface area (Å²) >= 11 is 0. The smallest absolute Gasteiger partial charge is 0.347 e. The highest BCUT2D eigenvalue weighted by atomic mass is 32.2. The lowest BCUT2D eigenvalue weighted by Gasteiger charge is -2.37. The Balaban J connectivity index is 0.000000189. The minimum absolute atomic E-state index is 0. The predicted octanol–water partition coefficient (Wildman–Crippen LogP) is -0.106. The van der Waals surface area contributed by atoms with Crippen molar-refractivity contribution < 1.29 is 31.9 Å². The Morgan fingerprint density at radius 3 is 1.25 bits per heavy atom. The summed E-state index contributed by atoms with van der Waals surface area (Å²) in [5, 5.41) is 4.75. The highest BCUT2D eigenvalue weighted by molar-refractivity contribution is 7.90. The van der Waals surface area contributed by atoms with E-state index in [2.05, 4.69) is 51.1 Å². The predicted molar refractivity (Wildman–Crippen MR) is 208 cm³/mol. The molecule has 0 unspecified atom stereocenters. The van der Waals surface area contributed by atoms with Crippen LogP contribution in [0.4, 0.5) is 0 Å². The first-order valence-electron chi connectivity index (χ1n) is 19.0. The summed E-state index contributed by atoms with van der Waals surface area (Å²) in [6.45, 7) is 19.1. The summed E-state index contributed by atoms with van der Waals surface area (Å²) < 4.78 is 57.9. The van der Waals surface area contributed by atoms with Crippen LogP contribution in [-0.4, -0.2) is 95.0 Å². The fraction of sp³-hybridized carbons (Fsp3) is 0.722. The molecule has 0 radical (unpaired) electrons. The molecule has 57 heavy (non-hydrogen) atoms. The monoisotopic (exact) mass is 838 g/mol. The van der Waals surface area contributed by atoms with Gasteiger partial charge in [-0.25, -0.2) is 73.3 Å². The van der Waals surface area contributed by atoms with Crippen molar-refractivity contribution in [2.75, 3.05) is 11.5 Å². The number of hydrogen-bond acceptors (Lipinski definition) is 10. The molecule has 21 heteroatoms. The lowest BCUT2D eigenvalue weighted by atomic mass is 9.69. The molecule has 316 valence electrons. The molecule has 4 saturated carbocycles. The van der Waals surface area contributed by atoms with Crippen LogP contribution in [0.2, 0.25) is 0 Å². The molecular weight excluding hydrogens is 785 g/mol. The summed E-state index contributed by atoms with van der Waals surface area (Å²) in [5.41, 5.74) is -3.67. The van der Waals surface area contributed by atoms with Gasteiger partial charge in [-0.3, -0.25) is 9.59 Å². The average Bonchev–Trinajstić information content (AvgIpc) is 3.92. The Kier molecular flexibility index (Phi) is 9.57. The number of amides is 2. The molecule has 6 aliphatic rings. The van der Waals surface area contributed by atoms with Gasteiger partial charge in [0.15, 0.2) is 0 Å². The number of aromatic nitrogens is 6. The lowest BCUT2D eigenvalue weighted by Crippen LogP contribution is -2.45. The first-order valence-corrected chi connectivity index (χ1v) is 22.2. The van der Waals surface area contributed by atoms with Gasteiger partial charge in [0.25, 0.3) is 11.8 Å². The number of carbonyl (C=O) groups is 2. The van der Waals surface area contributed by atoms with E-state index in [1.807, 2.05) is 0 Å². The highest BCUT2D eigenvalue weighted by Crippen LogP contribution is 2.71. The molecule has 6 fully saturated rings. The van der Waals surface area contributed by atoms with Gasteiger partial charge >= 0.3 is 22.8 Å². The molecule has 2 aliphatic heterocycles. The molecule has 0 aromatic carbocycles. The van der Waals surface area contributed by atoms with Crippen LogP contribution in [0.15, 0.2) is 43.5 Å². The van der Waals surface area contributed by atoms with Crippen LogP contribution < -0.4 is 22.8 Å². The number of sulfonamides is 2. The van der Waals surface area contributed by atoms with Crippen LogP contribution >= 0.6 is 0 Å². The van der Waals surface area contributed by atoms with Crippen molar-refractivity contribution in [2.24, 2.45) is 47.6 Å². The quantitative estimate of drug-likeness (QED) is 0.365. The molecule has 8 atom stereocenters. The molecule has 4 heterocycles. The Morgan fingerprint density at radius 2 is 0.982 bits per heavy atom. The number of carbonyl (C=O) groups excluding carboxylic acids is 2. The molecule has 2 saturated heterocycles. The van der Waals surface area contributed by atoms with E-state index in [1.54, 1.807) is 13.8 Å². The van der Waals surface area contributed by atoms with E-state index < -0.39 is 77.5 Å². The van der Waals surface area contributed by atoms with Crippen molar-refractivity contribution in [1.82, 2.24) is 37.3 Å². The van der Waals surface area contributed by atoms with Crippen molar-refractivity contribution >= 4 is 31.9 Å². The fourth-order valence-electron chi connectivity index (χ4n) is 11.5. The third-order valence-electron chi connectivity index (χ3n) is 15.6. The van der Waals surface area contributed by atoms with Crippen molar-refractivity contribution in [2.45, 2.75) is 104 Å². The second-order valence-corrected chi connectivity index (χ2v) is 21.8. The van der Waals surface area contributed by atoms with Crippen LogP contribution in [0.5, 0.6) is 0 Å². The Bertz CT molecular complexity index is 2390. The molecule has 4 N–H and O–H groups in total. The van der Waals surface area contributed by atoms with Crippen molar-refractivity contribution in [3.63, 3.8) is 0 Å². The fourth-order valence-corrected chi connectivity index (χ4v) is 16.6. The van der Waals surface area contributed by atoms with Crippen molar-refractivity contribution in [1.29, 1.82) is 0 Å². The SMILES string of the molecule is C=C(C(=O)N1[C@@H]2C[C@H]3CC[C@]2(CS1(=O)=O)C3(C)C)[C@@H](C)n1[nH]c(=O)n(C)c1=O.C=C(C(=O)N1[C@@H]2C[C@H]3CC[C@]2(CS1(=O)=O)C3(C)C)[C@@H](C)n1[nH]c(=O)n(C)c1=O.O. The Morgan fingerprint density at radius 1 is 0.667 bits per heavy atom. The van der Waals surface area contributed by atoms with Crippen LogP contribution in [0.25, 0.3) is 0 Å². The summed E-state index contributed by atoms with van der Waals surface area (Å²) in [5.74, 6) is -0.638. The minimum atomic E-state index is -3.78. The largest absolute Gasteiger partial charge is 0.412 e. The number of nitrogens with zero attached hydrogens (tertiary/aromatic N) is 6. The van der Waals surface area contributed by atoms with Crippen LogP contribution in [0.3, 0.4) is 0 Å². The molecule has 8 rings (SSSR count). The van der Waals surface area contributed by atoms with E-state index in [1.165, 1.54) is 14.1 Å². The van der Waals surface area contributed by atoms with E-state index in [9.17, 15) is 45.6 Å². The third-order valence-corrected chi connectivity index (χ3v) is 19.4. The number of H-pyrrole nitrogens is 2. The second kappa shape index (κ2) is 12.9. The van der Waals surface area contributed by atoms with Gasteiger partial charge in [0, 0.05) is 36.1 Å². The molecule has 4 bridgehead atoms.